The number of H-pyrrole nitrogens is 2. The molecule has 3 aromatic heterocycles. The van der Waals surface area contributed by atoms with E-state index in [4.69, 9.17) is 4.98 Å². The fourth-order valence-electron chi connectivity index (χ4n) is 9.22. The molecule has 330 valence electrons. The van der Waals surface area contributed by atoms with E-state index in [1.54, 1.807) is 0 Å². The Labute approximate surface area is 375 Å². The molecule has 0 amide bonds. The number of ketones is 2. The van der Waals surface area contributed by atoms with Crippen LogP contribution in [0.25, 0.3) is 56.5 Å². The third-order valence-electron chi connectivity index (χ3n) is 12.6. The van der Waals surface area contributed by atoms with Gasteiger partial charge in [-0.3, -0.25) is 9.59 Å². The van der Waals surface area contributed by atoms with Crippen LogP contribution < -0.4 is 10.4 Å². The number of aromatic hydroxyl groups is 1. The Morgan fingerprint density at radius 3 is 1.22 bits per heavy atom. The summed E-state index contributed by atoms with van der Waals surface area (Å²) in [5.74, 6) is 0.389. The second kappa shape index (κ2) is 14.8. The van der Waals surface area contributed by atoms with E-state index in [0.29, 0.717) is 5.75 Å². The molecule has 0 unspecified atom stereocenters. The van der Waals surface area contributed by atoms with Gasteiger partial charge in [0.2, 0.25) is 0 Å². The van der Waals surface area contributed by atoms with Crippen molar-refractivity contribution in [1.29, 1.82) is 0 Å². The van der Waals surface area contributed by atoms with Gasteiger partial charge in [-0.05, 0) is 133 Å². The molecule has 4 heterocycles. The zero-order valence-electron chi connectivity index (χ0n) is 41.1. The number of nitrogens with one attached hydrogen (secondary N) is 2. The smallest absolute Gasteiger partial charge is 0.182 e. The van der Waals surface area contributed by atoms with Crippen molar-refractivity contribution >= 4 is 56.9 Å². The molecule has 0 fully saturated rings. The highest BCUT2D eigenvalue weighted by Crippen LogP contribution is 2.45. The maximum Gasteiger partial charge on any atom is 0.182 e. The molecule has 0 saturated heterocycles. The molecule has 1 aliphatic heterocycles. The molecule has 6 heteroatoms. The van der Waals surface area contributed by atoms with Crippen molar-refractivity contribution in [2.75, 3.05) is 0 Å². The zero-order valence-corrected chi connectivity index (χ0v) is 41.1. The van der Waals surface area contributed by atoms with Gasteiger partial charge in [0.15, 0.2) is 11.6 Å². The highest BCUT2D eigenvalue weighted by Gasteiger charge is 2.34. The van der Waals surface area contributed by atoms with Crippen LogP contribution in [-0.4, -0.2) is 31.6 Å². The molecule has 6 nitrogen and oxygen atoms in total. The van der Waals surface area contributed by atoms with Crippen LogP contribution >= 0.6 is 0 Å². The molecule has 4 aromatic rings. The van der Waals surface area contributed by atoms with E-state index >= 15 is 0 Å². The molecule has 2 aliphatic carbocycles. The van der Waals surface area contributed by atoms with Crippen molar-refractivity contribution in [2.24, 2.45) is 21.7 Å². The summed E-state index contributed by atoms with van der Waals surface area (Å²) < 4.78 is 0. The SMILES string of the molecule is CC(C)(C)C1=C/C(=c2\c3nc(c(-c4cc(C(C)(C)C)c(O)c(C(C)(C)C)c4)c4ccc([nH]4)/c(=C4\C=C(C(C)(C)C)C(=O)C=C4C(C)(C)C)c4ccc2[nH]4)C=C3)C(C(C)(C)C)=CC1=O. The van der Waals surface area contributed by atoms with Crippen LogP contribution in [0.3, 0.4) is 0 Å². The van der Waals surface area contributed by atoms with Crippen LogP contribution in [0.2, 0.25) is 0 Å². The minimum atomic E-state index is -0.401. The molecular formula is C57H69N3O3. The summed E-state index contributed by atoms with van der Waals surface area (Å²) in [5.41, 5.74) is 11.8. The molecule has 6 bridgehead atoms. The maximum atomic E-state index is 14.0. The van der Waals surface area contributed by atoms with Crippen LogP contribution in [0.5, 0.6) is 5.75 Å². The van der Waals surface area contributed by atoms with Gasteiger partial charge in [-0.15, -0.1) is 0 Å². The van der Waals surface area contributed by atoms with Crippen molar-refractivity contribution in [2.45, 2.75) is 135 Å². The monoisotopic (exact) mass is 844 g/mol. The van der Waals surface area contributed by atoms with Gasteiger partial charge in [-0.25, -0.2) is 4.98 Å². The summed E-state index contributed by atoms with van der Waals surface area (Å²) >= 11 is 0. The number of hydrogen-bond acceptors (Lipinski definition) is 4. The normalized spacial score (nSPS) is 18.2. The van der Waals surface area contributed by atoms with Gasteiger partial charge in [-0.2, -0.15) is 0 Å². The lowest BCUT2D eigenvalue weighted by molar-refractivity contribution is -0.113. The highest BCUT2D eigenvalue weighted by atomic mass is 16.3. The van der Waals surface area contributed by atoms with Crippen molar-refractivity contribution in [1.82, 2.24) is 15.0 Å². The van der Waals surface area contributed by atoms with Gasteiger partial charge in [0, 0.05) is 60.3 Å². The van der Waals surface area contributed by atoms with E-state index < -0.39 is 10.8 Å². The molecule has 1 aromatic carbocycles. The van der Waals surface area contributed by atoms with Gasteiger partial charge in [0.05, 0.1) is 11.4 Å². The zero-order chi connectivity index (χ0) is 46.7. The predicted octanol–water partition coefficient (Wildman–Crippen LogP) is 13.0. The van der Waals surface area contributed by atoms with Crippen molar-refractivity contribution in [3.05, 3.63) is 116 Å². The third-order valence-corrected chi connectivity index (χ3v) is 12.6. The second-order valence-electron chi connectivity index (χ2n) is 24.1. The Bertz CT molecular complexity index is 2980. The minimum absolute atomic E-state index is 0.0313. The number of phenolic OH excluding ortho intramolecular Hbond substituents is 1. The quantitative estimate of drug-likeness (QED) is 0.156. The average Bonchev–Trinajstić information content (AvgIpc) is 3.90. The summed E-state index contributed by atoms with van der Waals surface area (Å²) in [5, 5.41) is 13.8. The van der Waals surface area contributed by atoms with Crippen LogP contribution in [0, 0.1) is 21.7 Å². The van der Waals surface area contributed by atoms with Gasteiger partial charge < -0.3 is 15.1 Å². The molecule has 7 rings (SSSR count). The number of fused-ring (bicyclic) bond motifs is 6. The Morgan fingerprint density at radius 1 is 0.444 bits per heavy atom. The fraction of sp³-hybridized carbons (Fsp3) is 0.421. The number of aromatic nitrogens is 3. The lowest BCUT2D eigenvalue weighted by Gasteiger charge is -2.31. The highest BCUT2D eigenvalue weighted by molar-refractivity contribution is 6.13. The van der Waals surface area contributed by atoms with Crippen LogP contribution in [-0.2, 0) is 20.4 Å². The van der Waals surface area contributed by atoms with Crippen LogP contribution in [0.1, 0.15) is 147 Å². The Hall–Kier alpha value is -5.49. The number of carbonyl (C=O) groups is 2. The first-order valence-corrected chi connectivity index (χ1v) is 22.5. The predicted molar refractivity (Wildman–Crippen MR) is 265 cm³/mol. The Balaban J connectivity index is 1.83. The summed E-state index contributed by atoms with van der Waals surface area (Å²) in [6.07, 6.45) is 12.1. The largest absolute Gasteiger partial charge is 0.507 e. The van der Waals surface area contributed by atoms with Gasteiger partial charge >= 0.3 is 0 Å². The average molecular weight is 844 g/mol. The molecule has 0 atom stereocenters. The van der Waals surface area contributed by atoms with E-state index in [0.717, 1.165) is 99.6 Å². The van der Waals surface area contributed by atoms with Gasteiger partial charge in [0.1, 0.15) is 5.75 Å². The molecule has 3 aliphatic rings. The van der Waals surface area contributed by atoms with Crippen molar-refractivity contribution in [3.8, 4) is 16.9 Å². The van der Waals surface area contributed by atoms with Crippen LogP contribution in [0.4, 0.5) is 0 Å². The number of carbonyl (C=O) groups excluding carboxylic acids is 2. The van der Waals surface area contributed by atoms with Crippen molar-refractivity contribution in [3.63, 3.8) is 0 Å². The van der Waals surface area contributed by atoms with Gasteiger partial charge in [0.25, 0.3) is 0 Å². The number of allylic oxidation sites excluding steroid dienone is 8. The Morgan fingerprint density at radius 2 is 0.810 bits per heavy atom. The minimum Gasteiger partial charge on any atom is -0.507 e. The lowest BCUT2D eigenvalue weighted by Crippen LogP contribution is -2.27. The van der Waals surface area contributed by atoms with Crippen molar-refractivity contribution < 1.29 is 14.7 Å². The number of nitrogens with zero attached hydrogens (tertiary/aromatic N) is 1. The van der Waals surface area contributed by atoms with E-state index in [1.165, 1.54) is 0 Å². The number of aromatic amines is 2. The van der Waals surface area contributed by atoms with E-state index in [9.17, 15) is 14.7 Å². The number of benzene rings is 1. The second-order valence-corrected chi connectivity index (χ2v) is 24.1. The lowest BCUT2D eigenvalue weighted by atomic mass is 9.72. The molecule has 0 saturated carbocycles. The maximum absolute atomic E-state index is 14.0. The molecule has 3 N–H and O–H groups in total. The summed E-state index contributed by atoms with van der Waals surface area (Å²) in [7, 11) is 0. The molecular weight excluding hydrogens is 775 g/mol. The first-order chi connectivity index (χ1) is 28.8. The number of phenols is 1. The molecule has 0 radical (unpaired) electrons. The van der Waals surface area contributed by atoms with Crippen LogP contribution in [0.15, 0.2) is 83.0 Å². The summed E-state index contributed by atoms with van der Waals surface area (Å²) in [6, 6.07) is 12.8. The Kier molecular flexibility index (Phi) is 10.7. The first kappa shape index (κ1) is 45.5. The number of hydrogen-bond donors (Lipinski definition) is 3. The van der Waals surface area contributed by atoms with E-state index in [2.05, 4.69) is 195 Å². The number of rotatable bonds is 1. The molecule has 0 spiro atoms. The first-order valence-electron chi connectivity index (χ1n) is 22.5. The van der Waals surface area contributed by atoms with E-state index in [-0.39, 0.29) is 33.2 Å². The fourth-order valence-corrected chi connectivity index (χ4v) is 9.22. The summed E-state index contributed by atoms with van der Waals surface area (Å²) in [6.45, 7) is 38.4. The third kappa shape index (κ3) is 8.39. The van der Waals surface area contributed by atoms with E-state index in [1.807, 2.05) is 12.2 Å². The topological polar surface area (TPSA) is 98.8 Å². The standard InChI is InChI=1S/C57H69N3O3/c1-52(2,3)34-29-46(61)36(54(7,8)9)27-32(34)49-42-21-19-40(58-42)48(31-25-38(56(13,14)15)51(63)39(26-31)57(16,17)18)41-20-22-43(59-41)50(45-24-23-44(49)60-45)33-28-37(55(10,11)12)47(62)30-35(33)53(4,5)6/h19-30,58,60,63H,1-18H3/b48-41?,49-32-,50-33-. The molecule has 63 heavy (non-hydrogen) atoms. The van der Waals surface area contributed by atoms with Gasteiger partial charge in [-0.1, -0.05) is 125 Å². The summed E-state index contributed by atoms with van der Waals surface area (Å²) in [4.78, 5) is 41.3.